The van der Waals surface area contributed by atoms with E-state index in [2.05, 4.69) is 39.3 Å². The van der Waals surface area contributed by atoms with Crippen molar-refractivity contribution in [3.8, 4) is 23.0 Å². The first-order chi connectivity index (χ1) is 20.0. The summed E-state index contributed by atoms with van der Waals surface area (Å²) in [5.41, 5.74) is 2.28. The van der Waals surface area contributed by atoms with Crippen molar-refractivity contribution in [2.24, 2.45) is 5.92 Å². The molecule has 0 bridgehead atoms. The lowest BCUT2D eigenvalue weighted by molar-refractivity contribution is 0.121. The molecule has 1 atom stereocenters. The van der Waals surface area contributed by atoms with Gasteiger partial charge in [0.1, 0.15) is 0 Å². The molecular weight excluding hydrogens is 524 g/mol. The zero-order valence-corrected chi connectivity index (χ0v) is 23.3. The van der Waals surface area contributed by atoms with Gasteiger partial charge in [-0.15, -0.1) is 5.10 Å². The Morgan fingerprint density at radius 1 is 0.927 bits per heavy atom. The van der Waals surface area contributed by atoms with Crippen LogP contribution in [0.3, 0.4) is 0 Å². The summed E-state index contributed by atoms with van der Waals surface area (Å²) in [6.07, 6.45) is 5.77. The Kier molecular flexibility index (Phi) is 6.74. The Morgan fingerprint density at radius 3 is 2.44 bits per heavy atom. The summed E-state index contributed by atoms with van der Waals surface area (Å²) in [5, 5.41) is 14.1. The summed E-state index contributed by atoms with van der Waals surface area (Å²) >= 11 is 0. The van der Waals surface area contributed by atoms with E-state index in [-0.39, 0.29) is 37.1 Å². The third kappa shape index (κ3) is 4.99. The van der Waals surface area contributed by atoms with Gasteiger partial charge in [0.15, 0.2) is 28.8 Å². The summed E-state index contributed by atoms with van der Waals surface area (Å²) in [6.45, 7) is 5.73. The molecule has 2 aromatic carbocycles. The van der Waals surface area contributed by atoms with Crippen molar-refractivity contribution < 1.29 is 18.9 Å². The maximum Gasteiger partial charge on any atom is 0.252 e. The first-order valence-corrected chi connectivity index (χ1v) is 14.4. The number of aromatic nitrogens is 5. The van der Waals surface area contributed by atoms with Crippen LogP contribution < -0.4 is 24.5 Å². The Morgan fingerprint density at radius 2 is 1.66 bits per heavy atom. The monoisotopic (exact) mass is 558 g/mol. The van der Waals surface area contributed by atoms with Gasteiger partial charge in [0.2, 0.25) is 13.6 Å². The van der Waals surface area contributed by atoms with E-state index in [1.54, 1.807) is 0 Å². The highest BCUT2D eigenvalue weighted by molar-refractivity contribution is 5.83. The van der Waals surface area contributed by atoms with Gasteiger partial charge >= 0.3 is 0 Å². The summed E-state index contributed by atoms with van der Waals surface area (Å²) in [6, 6.07) is 11.8. The Labute approximate surface area is 237 Å². The number of hydrogen-bond donors (Lipinski definition) is 1. The minimum absolute atomic E-state index is 0.135. The smallest absolute Gasteiger partial charge is 0.252 e. The van der Waals surface area contributed by atoms with Crippen molar-refractivity contribution in [3.05, 3.63) is 63.7 Å². The molecule has 2 aromatic heterocycles. The van der Waals surface area contributed by atoms with Crippen molar-refractivity contribution in [3.63, 3.8) is 0 Å². The van der Waals surface area contributed by atoms with Crippen LogP contribution in [0, 0.1) is 5.92 Å². The lowest BCUT2D eigenvalue weighted by atomic mass is 9.94. The molecule has 0 radical (unpaired) electrons. The molecule has 0 amide bonds. The standard InChI is InChI=1S/C30H34N6O5/c1-18(2)28(29-32-33-34-36(29)22-6-4-3-5-7-22)35(14-19-8-9-24-25(10-19)39-16-38-24)15-21-11-20-12-26-27(41-17-40-26)13-23(20)31-30(21)37/h8-13,18,22,28H,3-7,14-17H2,1-2H3,(H,31,37)/t28-/m0/s1. The molecule has 3 aliphatic rings. The van der Waals surface area contributed by atoms with Gasteiger partial charge in [-0.25, -0.2) is 4.68 Å². The van der Waals surface area contributed by atoms with Gasteiger partial charge in [0.25, 0.3) is 5.56 Å². The quantitative estimate of drug-likeness (QED) is 0.323. The van der Waals surface area contributed by atoms with Crippen LogP contribution in [0.25, 0.3) is 10.9 Å². The van der Waals surface area contributed by atoms with Gasteiger partial charge in [-0.3, -0.25) is 9.69 Å². The number of fused-ring (bicyclic) bond motifs is 3. The van der Waals surface area contributed by atoms with Gasteiger partial charge in [0.05, 0.1) is 17.6 Å². The minimum atomic E-state index is -0.138. The van der Waals surface area contributed by atoms with Gasteiger partial charge in [0, 0.05) is 30.1 Å². The maximum absolute atomic E-state index is 13.4. The molecule has 41 heavy (non-hydrogen) atoms. The summed E-state index contributed by atoms with van der Waals surface area (Å²) in [5.74, 6) is 3.81. The highest BCUT2D eigenvalue weighted by atomic mass is 16.7. The number of nitrogens with one attached hydrogen (secondary N) is 1. The second-order valence-electron chi connectivity index (χ2n) is 11.5. The molecule has 1 saturated carbocycles. The summed E-state index contributed by atoms with van der Waals surface area (Å²) in [7, 11) is 0. The fraction of sp³-hybridized carbons (Fsp3) is 0.467. The summed E-state index contributed by atoms with van der Waals surface area (Å²) in [4.78, 5) is 18.8. The normalized spacial score (nSPS) is 17.2. The fourth-order valence-electron chi connectivity index (χ4n) is 6.37. The van der Waals surface area contributed by atoms with Crippen LogP contribution in [-0.4, -0.2) is 43.7 Å². The van der Waals surface area contributed by atoms with Crippen molar-refractivity contribution in [1.82, 2.24) is 30.1 Å². The number of H-pyrrole nitrogens is 1. The molecule has 0 saturated heterocycles. The molecule has 214 valence electrons. The molecule has 11 nitrogen and oxygen atoms in total. The van der Waals surface area contributed by atoms with E-state index in [9.17, 15) is 4.79 Å². The molecule has 1 fully saturated rings. The second-order valence-corrected chi connectivity index (χ2v) is 11.5. The predicted molar refractivity (Wildman–Crippen MR) is 150 cm³/mol. The Bertz CT molecular complexity index is 1630. The zero-order valence-electron chi connectivity index (χ0n) is 23.3. The molecule has 1 N–H and O–H groups in total. The van der Waals surface area contributed by atoms with Crippen LogP contribution in [0.1, 0.15) is 75.0 Å². The van der Waals surface area contributed by atoms with E-state index in [1.165, 1.54) is 19.3 Å². The van der Waals surface area contributed by atoms with E-state index in [4.69, 9.17) is 18.9 Å². The summed E-state index contributed by atoms with van der Waals surface area (Å²) < 4.78 is 24.3. The number of ether oxygens (including phenoxy) is 4. The molecule has 7 rings (SSSR count). The van der Waals surface area contributed by atoms with Crippen LogP contribution in [0.5, 0.6) is 23.0 Å². The van der Waals surface area contributed by atoms with Crippen LogP contribution in [0.15, 0.2) is 41.2 Å². The minimum Gasteiger partial charge on any atom is -0.454 e. The first-order valence-electron chi connectivity index (χ1n) is 14.4. The van der Waals surface area contributed by atoms with Crippen molar-refractivity contribution >= 4 is 10.9 Å². The number of tetrazole rings is 1. The highest BCUT2D eigenvalue weighted by Crippen LogP contribution is 2.38. The maximum atomic E-state index is 13.4. The SMILES string of the molecule is CC(C)[C@@H](c1nnnn1C1CCCCC1)N(Cc1ccc2c(c1)OCO2)Cc1cc2cc3c(cc2[nH]c1=O)OCO3. The zero-order chi connectivity index (χ0) is 27.9. The van der Waals surface area contributed by atoms with Crippen LogP contribution in [-0.2, 0) is 13.1 Å². The lowest BCUT2D eigenvalue weighted by Gasteiger charge is -2.35. The molecule has 0 unspecified atom stereocenters. The third-order valence-corrected chi connectivity index (χ3v) is 8.34. The van der Waals surface area contributed by atoms with Gasteiger partial charge in [-0.1, -0.05) is 39.2 Å². The molecule has 2 aliphatic heterocycles. The number of hydrogen-bond acceptors (Lipinski definition) is 9. The lowest BCUT2D eigenvalue weighted by Crippen LogP contribution is -2.36. The average Bonchev–Trinajstić information content (AvgIpc) is 3.73. The number of nitrogens with zero attached hydrogens (tertiary/aromatic N) is 5. The van der Waals surface area contributed by atoms with Gasteiger partial charge < -0.3 is 23.9 Å². The molecule has 0 spiro atoms. The Balaban J connectivity index is 1.28. The average molecular weight is 559 g/mol. The number of rotatable bonds is 8. The van der Waals surface area contributed by atoms with Crippen molar-refractivity contribution in [1.29, 1.82) is 0 Å². The van der Waals surface area contributed by atoms with Crippen molar-refractivity contribution in [2.45, 2.75) is 71.1 Å². The molecule has 4 aromatic rings. The van der Waals surface area contributed by atoms with Gasteiger partial charge in [-0.2, -0.15) is 0 Å². The third-order valence-electron chi connectivity index (χ3n) is 8.34. The van der Waals surface area contributed by atoms with Crippen LogP contribution in [0.2, 0.25) is 0 Å². The van der Waals surface area contributed by atoms with Crippen LogP contribution >= 0.6 is 0 Å². The fourth-order valence-corrected chi connectivity index (χ4v) is 6.37. The van der Waals surface area contributed by atoms with Crippen LogP contribution in [0.4, 0.5) is 0 Å². The number of pyridine rings is 1. The van der Waals surface area contributed by atoms with E-state index >= 15 is 0 Å². The topological polar surface area (TPSA) is 117 Å². The predicted octanol–water partition coefficient (Wildman–Crippen LogP) is 4.88. The molecule has 11 heteroatoms. The van der Waals surface area contributed by atoms with E-state index in [0.29, 0.717) is 35.7 Å². The van der Waals surface area contributed by atoms with E-state index < -0.39 is 0 Å². The van der Waals surface area contributed by atoms with E-state index in [1.807, 2.05) is 41.1 Å². The number of benzene rings is 2. The first kappa shape index (κ1) is 25.8. The molecular formula is C30H34N6O5. The molecule has 4 heterocycles. The van der Waals surface area contributed by atoms with E-state index in [0.717, 1.165) is 41.1 Å². The number of aromatic amines is 1. The second kappa shape index (κ2) is 10.7. The molecule has 1 aliphatic carbocycles. The highest BCUT2D eigenvalue weighted by Gasteiger charge is 2.33. The Hall–Kier alpha value is -4.12. The van der Waals surface area contributed by atoms with Crippen molar-refractivity contribution in [2.75, 3.05) is 13.6 Å². The largest absolute Gasteiger partial charge is 0.454 e. The van der Waals surface area contributed by atoms with Gasteiger partial charge in [-0.05, 0) is 59.0 Å².